The molecule has 0 saturated heterocycles. The van der Waals surface area contributed by atoms with Crippen molar-refractivity contribution in [2.75, 3.05) is 6.54 Å². The Morgan fingerprint density at radius 3 is 2.82 bits per heavy atom. The van der Waals surface area contributed by atoms with Crippen LogP contribution >= 0.6 is 0 Å². The topological polar surface area (TPSA) is 75.4 Å². The van der Waals surface area contributed by atoms with Crippen molar-refractivity contribution in [3.05, 3.63) is 17.0 Å². The summed E-state index contributed by atoms with van der Waals surface area (Å²) >= 11 is 0. The van der Waals surface area contributed by atoms with E-state index in [0.29, 0.717) is 18.2 Å². The largest absolute Gasteiger partial charge is 0.391 e. The third kappa shape index (κ3) is 3.06. The van der Waals surface area contributed by atoms with Gasteiger partial charge in [-0.05, 0) is 32.6 Å². The minimum Gasteiger partial charge on any atom is -0.391 e. The van der Waals surface area contributed by atoms with Crippen LogP contribution in [-0.2, 0) is 11.2 Å². The zero-order valence-corrected chi connectivity index (χ0v) is 10.2. The first-order valence-electron chi connectivity index (χ1n) is 5.94. The van der Waals surface area contributed by atoms with Crippen molar-refractivity contribution in [3.63, 3.8) is 0 Å². The fourth-order valence-electron chi connectivity index (χ4n) is 1.84. The Balaban J connectivity index is 1.80. The highest BCUT2D eigenvalue weighted by Gasteiger charge is 2.29. The van der Waals surface area contributed by atoms with Crippen LogP contribution in [0.5, 0.6) is 0 Å². The summed E-state index contributed by atoms with van der Waals surface area (Å²) in [6, 6.07) is 0. The van der Waals surface area contributed by atoms with E-state index in [1.54, 1.807) is 6.92 Å². The molecule has 5 nitrogen and oxygen atoms in total. The summed E-state index contributed by atoms with van der Waals surface area (Å²) < 4.78 is 4.99. The maximum absolute atomic E-state index is 11.7. The fraction of sp³-hybridized carbons (Fsp3) is 0.667. The second-order valence-corrected chi connectivity index (χ2v) is 4.69. The molecule has 0 bridgehead atoms. The van der Waals surface area contributed by atoms with E-state index < -0.39 is 6.10 Å². The van der Waals surface area contributed by atoms with Crippen LogP contribution in [0, 0.1) is 19.8 Å². The summed E-state index contributed by atoms with van der Waals surface area (Å²) in [4.78, 5) is 11.7. The Bertz CT molecular complexity index is 390. The van der Waals surface area contributed by atoms with Gasteiger partial charge in [0.1, 0.15) is 5.76 Å². The lowest BCUT2D eigenvalue weighted by atomic mass is 10.1. The summed E-state index contributed by atoms with van der Waals surface area (Å²) in [6.45, 7) is 3.95. The van der Waals surface area contributed by atoms with E-state index in [1.165, 1.54) is 0 Å². The van der Waals surface area contributed by atoms with Gasteiger partial charge in [0.2, 0.25) is 5.91 Å². The molecule has 94 valence electrons. The molecule has 0 spiro atoms. The Kier molecular flexibility index (Phi) is 3.47. The molecule has 1 atom stereocenters. The maximum Gasteiger partial charge on any atom is 0.224 e. The number of carbonyl (C=O) groups is 1. The van der Waals surface area contributed by atoms with Crippen molar-refractivity contribution in [1.82, 2.24) is 10.5 Å². The summed E-state index contributed by atoms with van der Waals surface area (Å²) in [5.41, 5.74) is 1.59. The lowest BCUT2D eigenvalue weighted by molar-refractivity contribution is -0.121. The lowest BCUT2D eigenvalue weighted by Crippen LogP contribution is -2.34. The normalized spacial score (nSPS) is 16.9. The van der Waals surface area contributed by atoms with E-state index >= 15 is 0 Å². The zero-order valence-electron chi connectivity index (χ0n) is 10.2. The van der Waals surface area contributed by atoms with Gasteiger partial charge in [0.25, 0.3) is 0 Å². The Morgan fingerprint density at radius 1 is 1.59 bits per heavy atom. The van der Waals surface area contributed by atoms with Crippen molar-refractivity contribution >= 4 is 5.91 Å². The van der Waals surface area contributed by atoms with E-state index in [4.69, 9.17) is 4.52 Å². The molecule has 1 unspecified atom stereocenters. The zero-order chi connectivity index (χ0) is 12.4. The molecule has 1 heterocycles. The summed E-state index contributed by atoms with van der Waals surface area (Å²) in [7, 11) is 0. The molecule has 2 rings (SSSR count). The highest BCUT2D eigenvalue weighted by molar-refractivity contribution is 5.79. The van der Waals surface area contributed by atoms with Crippen LogP contribution in [-0.4, -0.2) is 28.8 Å². The van der Waals surface area contributed by atoms with Gasteiger partial charge in [0, 0.05) is 12.1 Å². The lowest BCUT2D eigenvalue weighted by Gasteiger charge is -2.10. The molecule has 1 amide bonds. The molecule has 1 aromatic rings. The number of carbonyl (C=O) groups excluding carboxylic acids is 1. The Morgan fingerprint density at radius 2 is 2.29 bits per heavy atom. The number of aliphatic hydroxyl groups excluding tert-OH is 1. The van der Waals surface area contributed by atoms with Crippen LogP contribution in [0.15, 0.2) is 4.52 Å². The number of rotatable bonds is 5. The van der Waals surface area contributed by atoms with Crippen molar-refractivity contribution in [1.29, 1.82) is 0 Å². The maximum atomic E-state index is 11.7. The minimum absolute atomic E-state index is 0.0981. The average Bonchev–Trinajstić information content (AvgIpc) is 3.09. The first-order valence-corrected chi connectivity index (χ1v) is 5.94. The van der Waals surface area contributed by atoms with Gasteiger partial charge in [-0.1, -0.05) is 5.16 Å². The number of hydrogen-bond acceptors (Lipinski definition) is 4. The quantitative estimate of drug-likeness (QED) is 0.792. The molecule has 1 fully saturated rings. The minimum atomic E-state index is -0.399. The first kappa shape index (κ1) is 12.1. The van der Waals surface area contributed by atoms with Crippen LogP contribution in [0.25, 0.3) is 0 Å². The molecule has 17 heavy (non-hydrogen) atoms. The molecule has 2 N–H and O–H groups in total. The van der Waals surface area contributed by atoms with Gasteiger partial charge in [-0.15, -0.1) is 0 Å². The predicted molar refractivity (Wildman–Crippen MR) is 61.4 cm³/mol. The van der Waals surface area contributed by atoms with Crippen LogP contribution < -0.4 is 5.32 Å². The fourth-order valence-corrected chi connectivity index (χ4v) is 1.84. The standard InChI is InChI=1S/C12H18N2O3/c1-7-10(8(2)17-14-7)5-12(16)13-6-11(15)9-3-4-9/h9,11,15H,3-6H2,1-2H3,(H,13,16). The molecule has 1 aliphatic carbocycles. The number of aryl methyl sites for hydroxylation is 2. The van der Waals surface area contributed by atoms with Gasteiger partial charge in [0.05, 0.1) is 18.2 Å². The van der Waals surface area contributed by atoms with Gasteiger partial charge >= 0.3 is 0 Å². The second-order valence-electron chi connectivity index (χ2n) is 4.69. The average molecular weight is 238 g/mol. The number of hydrogen-bond donors (Lipinski definition) is 2. The highest BCUT2D eigenvalue weighted by Crippen LogP contribution is 2.32. The second kappa shape index (κ2) is 4.87. The summed E-state index contributed by atoms with van der Waals surface area (Å²) in [5.74, 6) is 0.967. The third-order valence-electron chi connectivity index (χ3n) is 3.19. The van der Waals surface area contributed by atoms with Crippen molar-refractivity contribution in [2.24, 2.45) is 5.92 Å². The van der Waals surface area contributed by atoms with Crippen molar-refractivity contribution in [2.45, 2.75) is 39.2 Å². The first-order chi connectivity index (χ1) is 8.08. The molecule has 0 aromatic carbocycles. The van der Waals surface area contributed by atoms with Crippen LogP contribution in [0.3, 0.4) is 0 Å². The van der Waals surface area contributed by atoms with Gasteiger partial charge < -0.3 is 14.9 Å². The monoisotopic (exact) mass is 238 g/mol. The Labute approximate surface area is 100 Å². The molecule has 0 aliphatic heterocycles. The SMILES string of the molecule is Cc1noc(C)c1CC(=O)NCC(O)C1CC1. The van der Waals surface area contributed by atoms with Gasteiger partial charge in [0.15, 0.2) is 0 Å². The smallest absolute Gasteiger partial charge is 0.224 e. The van der Waals surface area contributed by atoms with Crippen molar-refractivity contribution < 1.29 is 14.4 Å². The summed E-state index contributed by atoms with van der Waals surface area (Å²) in [5, 5.41) is 16.2. The molecular weight excluding hydrogens is 220 g/mol. The molecule has 1 saturated carbocycles. The number of aliphatic hydroxyl groups is 1. The molecule has 1 aliphatic rings. The number of nitrogens with one attached hydrogen (secondary N) is 1. The number of amides is 1. The van der Waals surface area contributed by atoms with E-state index in [0.717, 1.165) is 24.1 Å². The van der Waals surface area contributed by atoms with Gasteiger partial charge in [-0.3, -0.25) is 4.79 Å². The van der Waals surface area contributed by atoms with Crippen LogP contribution in [0.4, 0.5) is 0 Å². The molecule has 0 radical (unpaired) electrons. The molecule has 5 heteroatoms. The van der Waals surface area contributed by atoms with Gasteiger partial charge in [-0.2, -0.15) is 0 Å². The third-order valence-corrected chi connectivity index (χ3v) is 3.19. The van der Waals surface area contributed by atoms with E-state index in [1.807, 2.05) is 6.92 Å². The van der Waals surface area contributed by atoms with Crippen molar-refractivity contribution in [3.8, 4) is 0 Å². The highest BCUT2D eigenvalue weighted by atomic mass is 16.5. The van der Waals surface area contributed by atoms with E-state index in [9.17, 15) is 9.90 Å². The van der Waals surface area contributed by atoms with E-state index in [-0.39, 0.29) is 12.3 Å². The van der Waals surface area contributed by atoms with Crippen LogP contribution in [0.2, 0.25) is 0 Å². The molecule has 1 aromatic heterocycles. The number of nitrogens with zero attached hydrogens (tertiary/aromatic N) is 1. The number of aromatic nitrogens is 1. The predicted octanol–water partition coefficient (Wildman–Crippen LogP) is 0.721. The Hall–Kier alpha value is -1.36. The molecular formula is C12H18N2O3. The summed E-state index contributed by atoms with van der Waals surface area (Å²) in [6.07, 6.45) is 2.00. The van der Waals surface area contributed by atoms with E-state index in [2.05, 4.69) is 10.5 Å². The van der Waals surface area contributed by atoms with Gasteiger partial charge in [-0.25, -0.2) is 0 Å². The van der Waals surface area contributed by atoms with Crippen LogP contribution in [0.1, 0.15) is 29.9 Å².